The van der Waals surface area contributed by atoms with Crippen molar-refractivity contribution in [2.75, 3.05) is 7.05 Å². The predicted octanol–water partition coefficient (Wildman–Crippen LogP) is 1.87. The van der Waals surface area contributed by atoms with Crippen LogP contribution in [0.15, 0.2) is 12.4 Å². The maximum atomic E-state index is 12.4. The van der Waals surface area contributed by atoms with E-state index in [1.54, 1.807) is 40.8 Å². The third-order valence-corrected chi connectivity index (χ3v) is 3.56. The van der Waals surface area contributed by atoms with Gasteiger partial charge < -0.3 is 4.90 Å². The van der Waals surface area contributed by atoms with Crippen molar-refractivity contribution < 1.29 is 4.79 Å². The van der Waals surface area contributed by atoms with Gasteiger partial charge in [0.15, 0.2) is 0 Å². The highest BCUT2D eigenvalue weighted by Crippen LogP contribution is 2.17. The molecule has 7 heteroatoms. The predicted molar refractivity (Wildman–Crippen MR) is 76.7 cm³/mol. The first-order chi connectivity index (χ1) is 9.43. The van der Waals surface area contributed by atoms with Crippen LogP contribution < -0.4 is 0 Å². The number of carbonyl (C=O) groups is 1. The fourth-order valence-electron chi connectivity index (χ4n) is 2.01. The van der Waals surface area contributed by atoms with Crippen LogP contribution in [0.1, 0.15) is 28.7 Å². The van der Waals surface area contributed by atoms with E-state index in [-0.39, 0.29) is 5.91 Å². The second kappa shape index (κ2) is 5.66. The molecule has 0 N–H and O–H groups in total. The topological polar surface area (TPSA) is 56.0 Å². The molecular weight excluding hydrogens is 278 g/mol. The quantitative estimate of drug-likeness (QED) is 0.865. The van der Waals surface area contributed by atoms with E-state index in [9.17, 15) is 4.79 Å². The summed E-state index contributed by atoms with van der Waals surface area (Å²) in [4.78, 5) is 14.1. The molecule has 2 aromatic heterocycles. The minimum atomic E-state index is -0.0699. The van der Waals surface area contributed by atoms with Crippen LogP contribution in [-0.2, 0) is 20.1 Å². The molecule has 0 aliphatic rings. The zero-order chi connectivity index (χ0) is 14.9. The number of carbonyl (C=O) groups excluding carboxylic acids is 1. The molecular formula is C13H18ClN5O. The highest BCUT2D eigenvalue weighted by atomic mass is 35.5. The monoisotopic (exact) mass is 295 g/mol. The molecule has 6 nitrogen and oxygen atoms in total. The van der Waals surface area contributed by atoms with E-state index in [1.807, 2.05) is 13.8 Å². The highest BCUT2D eigenvalue weighted by Gasteiger charge is 2.19. The summed E-state index contributed by atoms with van der Waals surface area (Å²) in [7, 11) is 3.55. The van der Waals surface area contributed by atoms with E-state index in [4.69, 9.17) is 11.6 Å². The molecule has 108 valence electrons. The Balaban J connectivity index is 2.18. The highest BCUT2D eigenvalue weighted by molar-refractivity contribution is 6.31. The van der Waals surface area contributed by atoms with Crippen LogP contribution in [0.5, 0.6) is 0 Å². The number of amides is 1. The van der Waals surface area contributed by atoms with E-state index in [2.05, 4.69) is 10.2 Å². The van der Waals surface area contributed by atoms with Crippen molar-refractivity contribution in [2.45, 2.75) is 26.9 Å². The van der Waals surface area contributed by atoms with E-state index in [1.165, 1.54) is 0 Å². The molecule has 0 aromatic carbocycles. The van der Waals surface area contributed by atoms with Crippen molar-refractivity contribution in [3.63, 3.8) is 0 Å². The molecule has 0 atom stereocenters. The Kier molecular flexibility index (Phi) is 4.13. The fourth-order valence-corrected chi connectivity index (χ4v) is 2.23. The molecule has 0 saturated carbocycles. The Morgan fingerprint density at radius 1 is 1.50 bits per heavy atom. The molecule has 1 amide bonds. The lowest BCUT2D eigenvalue weighted by Gasteiger charge is -2.17. The number of aromatic nitrogens is 4. The average molecular weight is 296 g/mol. The van der Waals surface area contributed by atoms with Crippen molar-refractivity contribution in [1.82, 2.24) is 24.5 Å². The summed E-state index contributed by atoms with van der Waals surface area (Å²) in [6, 6.07) is 0. The maximum Gasteiger partial charge on any atom is 0.257 e. The fraction of sp³-hybridized carbons (Fsp3) is 0.462. The number of aryl methyl sites for hydroxylation is 3. The molecule has 0 aliphatic carbocycles. The average Bonchev–Trinajstić information content (AvgIpc) is 2.94. The molecule has 2 heterocycles. The van der Waals surface area contributed by atoms with Gasteiger partial charge in [0.25, 0.3) is 5.91 Å². The third-order valence-electron chi connectivity index (χ3n) is 3.24. The SMILES string of the molecule is CCn1cc(C(=O)N(C)Cc2c(Cl)cnn2C)c(C)n1. The summed E-state index contributed by atoms with van der Waals surface area (Å²) < 4.78 is 3.43. The maximum absolute atomic E-state index is 12.4. The summed E-state index contributed by atoms with van der Waals surface area (Å²) in [6.45, 7) is 4.97. The standard InChI is InChI=1S/C13H18ClN5O/c1-5-19-7-10(9(2)16-19)13(20)17(3)8-12-11(14)6-15-18(12)4/h6-7H,5,8H2,1-4H3. The van der Waals surface area contributed by atoms with Crippen LogP contribution >= 0.6 is 11.6 Å². The molecule has 0 spiro atoms. The van der Waals surface area contributed by atoms with Crippen LogP contribution in [0, 0.1) is 6.92 Å². The largest absolute Gasteiger partial charge is 0.336 e. The van der Waals surface area contributed by atoms with Gasteiger partial charge in [0, 0.05) is 26.8 Å². The Bertz CT molecular complexity index is 611. The normalized spacial score (nSPS) is 10.8. The summed E-state index contributed by atoms with van der Waals surface area (Å²) >= 11 is 6.06. The van der Waals surface area contributed by atoms with Gasteiger partial charge in [0.05, 0.1) is 34.7 Å². The van der Waals surface area contributed by atoms with Crippen LogP contribution in [0.25, 0.3) is 0 Å². The summed E-state index contributed by atoms with van der Waals surface area (Å²) in [6.07, 6.45) is 3.36. The van der Waals surface area contributed by atoms with Gasteiger partial charge in [0.2, 0.25) is 0 Å². The van der Waals surface area contributed by atoms with E-state index < -0.39 is 0 Å². The molecule has 0 saturated heterocycles. The molecule has 0 aliphatic heterocycles. The second-order valence-corrected chi connectivity index (χ2v) is 5.12. The van der Waals surface area contributed by atoms with Crippen molar-refractivity contribution in [3.8, 4) is 0 Å². The summed E-state index contributed by atoms with van der Waals surface area (Å²) in [5.74, 6) is -0.0699. The zero-order valence-corrected chi connectivity index (χ0v) is 12.8. The Hall–Kier alpha value is -1.82. The lowest BCUT2D eigenvalue weighted by atomic mass is 10.2. The smallest absolute Gasteiger partial charge is 0.257 e. The first-order valence-corrected chi connectivity index (χ1v) is 6.77. The van der Waals surface area contributed by atoms with Crippen LogP contribution in [0.3, 0.4) is 0 Å². The number of rotatable bonds is 4. The van der Waals surface area contributed by atoms with Gasteiger partial charge in [-0.1, -0.05) is 11.6 Å². The number of nitrogens with zero attached hydrogens (tertiary/aromatic N) is 5. The minimum Gasteiger partial charge on any atom is -0.336 e. The second-order valence-electron chi connectivity index (χ2n) is 4.71. The molecule has 20 heavy (non-hydrogen) atoms. The van der Waals surface area contributed by atoms with Gasteiger partial charge >= 0.3 is 0 Å². The van der Waals surface area contributed by atoms with Gasteiger partial charge in [-0.15, -0.1) is 0 Å². The van der Waals surface area contributed by atoms with Gasteiger partial charge in [0.1, 0.15) is 0 Å². The van der Waals surface area contributed by atoms with E-state index in [0.717, 1.165) is 17.9 Å². The third kappa shape index (κ3) is 2.70. The molecule has 0 fully saturated rings. The molecule has 0 radical (unpaired) electrons. The zero-order valence-electron chi connectivity index (χ0n) is 12.1. The Labute approximate surface area is 122 Å². The number of hydrogen-bond acceptors (Lipinski definition) is 3. The van der Waals surface area contributed by atoms with Crippen LogP contribution in [0.2, 0.25) is 5.02 Å². The van der Waals surface area contributed by atoms with Gasteiger partial charge in [-0.2, -0.15) is 10.2 Å². The summed E-state index contributed by atoms with van der Waals surface area (Å²) in [5, 5.41) is 8.92. The van der Waals surface area contributed by atoms with Crippen molar-refractivity contribution in [2.24, 2.45) is 7.05 Å². The first-order valence-electron chi connectivity index (χ1n) is 6.40. The van der Waals surface area contributed by atoms with Crippen molar-refractivity contribution in [1.29, 1.82) is 0 Å². The van der Waals surface area contributed by atoms with Crippen LogP contribution in [-0.4, -0.2) is 37.4 Å². The van der Waals surface area contributed by atoms with Gasteiger partial charge in [-0.3, -0.25) is 14.2 Å². The minimum absolute atomic E-state index is 0.0699. The summed E-state index contributed by atoms with van der Waals surface area (Å²) in [5.41, 5.74) is 2.16. The van der Waals surface area contributed by atoms with E-state index in [0.29, 0.717) is 17.1 Å². The number of hydrogen-bond donors (Lipinski definition) is 0. The first kappa shape index (κ1) is 14.6. The van der Waals surface area contributed by atoms with E-state index >= 15 is 0 Å². The Morgan fingerprint density at radius 2 is 2.20 bits per heavy atom. The van der Waals surface area contributed by atoms with Crippen molar-refractivity contribution in [3.05, 3.63) is 34.4 Å². The Morgan fingerprint density at radius 3 is 2.70 bits per heavy atom. The lowest BCUT2D eigenvalue weighted by Crippen LogP contribution is -2.27. The molecule has 2 aromatic rings. The van der Waals surface area contributed by atoms with Gasteiger partial charge in [-0.25, -0.2) is 0 Å². The molecule has 2 rings (SSSR count). The van der Waals surface area contributed by atoms with Crippen LogP contribution in [0.4, 0.5) is 0 Å². The number of halogens is 1. The van der Waals surface area contributed by atoms with Crippen molar-refractivity contribution >= 4 is 17.5 Å². The van der Waals surface area contributed by atoms with Gasteiger partial charge in [-0.05, 0) is 13.8 Å². The molecule has 0 bridgehead atoms. The lowest BCUT2D eigenvalue weighted by molar-refractivity contribution is 0.0781. The molecule has 0 unspecified atom stereocenters.